The quantitative estimate of drug-likeness (QED) is 0.101. The van der Waals surface area contributed by atoms with Gasteiger partial charge in [-0.15, -0.1) is 48.0 Å². The Balaban J connectivity index is 0.000000327. The number of alkyl halides is 2. The van der Waals surface area contributed by atoms with Crippen molar-refractivity contribution < 1.29 is 39.5 Å². The number of nitrogens with one attached hydrogen (secondary N) is 1. The molecule has 0 aliphatic carbocycles. The third kappa shape index (κ3) is 16.0. The van der Waals surface area contributed by atoms with E-state index in [2.05, 4.69) is 35.2 Å². The first-order valence-electron chi connectivity index (χ1n) is 21.9. The molecule has 0 saturated heterocycles. The van der Waals surface area contributed by atoms with E-state index in [1.165, 1.54) is 4.31 Å². The van der Waals surface area contributed by atoms with Crippen molar-refractivity contribution in [3.63, 3.8) is 0 Å². The number of primary sulfonamides is 1. The largest absolute Gasteiger partial charge is 0.496 e. The summed E-state index contributed by atoms with van der Waals surface area (Å²) >= 11 is 11.1. The molecular formula is C48H62Cl5N9O9S3. The first-order chi connectivity index (χ1) is 33.8. The van der Waals surface area contributed by atoms with Crippen molar-refractivity contribution in [3.05, 3.63) is 140 Å². The normalized spacial score (nSPS) is 12.5. The first kappa shape index (κ1) is 65.6. The van der Waals surface area contributed by atoms with Crippen LogP contribution in [0.25, 0.3) is 0 Å². The Morgan fingerprint density at radius 2 is 0.824 bits per heavy atom. The summed E-state index contributed by atoms with van der Waals surface area (Å²) in [7, 11) is -0.919. The molecule has 2 aliphatic rings. The van der Waals surface area contributed by atoms with Gasteiger partial charge in [-0.2, -0.15) is 4.31 Å². The standard InChI is InChI=1S/C16H19N3O3S.C10H13ClO3S.C10H15NO3S.C6H6Cl2N2.C6H7N3.2ClH/c1-10-7-15(22-4)11(2)12(3)16(10)23(20,21)19-8-13-14(9-19)18-6-5-17-13;2*1-6-5-9(14-4)7(2)8(3)10(6)15(11,12)13;7-3-5-6(4-8)10-2-1-9-5;1-2-9-6-4-7-3-5(6)8-1;;/h5-7H,8-9H2,1-4H3;5H,1-4H3;5H,1-4H3,(H2,11,12,13);1-2H,3-4H2;1-2,7H,3-4H2;2*1H. The summed E-state index contributed by atoms with van der Waals surface area (Å²) in [4.78, 5) is 25.4. The van der Waals surface area contributed by atoms with Crippen LogP contribution in [-0.4, -0.2) is 80.8 Å². The molecule has 26 heteroatoms. The van der Waals surface area contributed by atoms with Gasteiger partial charge < -0.3 is 19.5 Å². The highest BCUT2D eigenvalue weighted by Crippen LogP contribution is 2.36. The Labute approximate surface area is 461 Å². The predicted octanol–water partition coefficient (Wildman–Crippen LogP) is 8.81. The number of methoxy groups -OCH3 is 3. The second-order valence-corrected chi connectivity index (χ2v) is 22.8. The molecule has 8 rings (SSSR count). The summed E-state index contributed by atoms with van der Waals surface area (Å²) in [5, 5.41) is 8.31. The maximum Gasteiger partial charge on any atom is 0.261 e. The molecule has 406 valence electrons. The van der Waals surface area contributed by atoms with Gasteiger partial charge in [0.1, 0.15) is 17.2 Å². The summed E-state index contributed by atoms with van der Waals surface area (Å²) in [6.07, 6.45) is 9.84. The zero-order valence-electron chi connectivity index (χ0n) is 43.0. The molecule has 0 radical (unpaired) electrons. The highest BCUT2D eigenvalue weighted by molar-refractivity contribution is 8.13. The molecule has 0 fully saturated rings. The number of nitrogens with zero attached hydrogens (tertiary/aromatic N) is 7. The molecule has 0 spiro atoms. The monoisotopic (exact) mass is 1180 g/mol. The van der Waals surface area contributed by atoms with E-state index in [1.54, 1.807) is 118 Å². The average Bonchev–Trinajstić information content (AvgIpc) is 4.01. The summed E-state index contributed by atoms with van der Waals surface area (Å²) in [5.41, 5.74) is 11.5. The maximum atomic E-state index is 13.1. The highest BCUT2D eigenvalue weighted by atomic mass is 35.7. The molecule has 3 N–H and O–H groups in total. The van der Waals surface area contributed by atoms with Gasteiger partial charge in [0, 0.05) is 61.0 Å². The second-order valence-electron chi connectivity index (χ2n) is 16.4. The lowest BCUT2D eigenvalue weighted by Crippen LogP contribution is -2.27. The van der Waals surface area contributed by atoms with Gasteiger partial charge in [-0.3, -0.25) is 29.9 Å². The Hall–Kier alpha value is -4.52. The molecular weight excluding hydrogens is 1120 g/mol. The number of nitrogens with two attached hydrogens (primary N) is 1. The minimum Gasteiger partial charge on any atom is -0.496 e. The lowest BCUT2D eigenvalue weighted by atomic mass is 10.1. The Bertz CT molecular complexity index is 3100. The fourth-order valence-corrected chi connectivity index (χ4v) is 12.9. The van der Waals surface area contributed by atoms with E-state index in [1.807, 2.05) is 20.8 Å². The van der Waals surface area contributed by atoms with E-state index in [9.17, 15) is 25.3 Å². The van der Waals surface area contributed by atoms with Crippen molar-refractivity contribution in [2.24, 2.45) is 5.14 Å². The second kappa shape index (κ2) is 28.6. The van der Waals surface area contributed by atoms with Gasteiger partial charge in [0.25, 0.3) is 9.05 Å². The van der Waals surface area contributed by atoms with Crippen LogP contribution in [0.1, 0.15) is 84.2 Å². The van der Waals surface area contributed by atoms with Crippen LogP contribution in [0.15, 0.2) is 70.1 Å². The van der Waals surface area contributed by atoms with E-state index in [-0.39, 0.29) is 47.7 Å². The lowest BCUT2D eigenvalue weighted by Gasteiger charge is -2.21. The van der Waals surface area contributed by atoms with E-state index in [4.69, 9.17) is 53.2 Å². The Morgan fingerprint density at radius 1 is 0.514 bits per heavy atom. The van der Waals surface area contributed by atoms with Crippen LogP contribution in [0.3, 0.4) is 0 Å². The highest BCUT2D eigenvalue weighted by Gasteiger charge is 2.35. The van der Waals surface area contributed by atoms with E-state index in [0.29, 0.717) is 61.7 Å². The number of aryl methyl sites for hydroxylation is 3. The van der Waals surface area contributed by atoms with Gasteiger partial charge in [0.05, 0.1) is 95.0 Å². The fraction of sp³-hybridized carbons (Fsp3) is 0.375. The lowest BCUT2D eigenvalue weighted by molar-refractivity contribution is 0.409. The number of ether oxygens (including phenoxy) is 3. The summed E-state index contributed by atoms with van der Waals surface area (Å²) < 4.78 is 88.7. The number of hydrogen-bond donors (Lipinski definition) is 2. The summed E-state index contributed by atoms with van der Waals surface area (Å²) in [5.74, 6) is 2.80. The van der Waals surface area contributed by atoms with Crippen LogP contribution in [0.2, 0.25) is 0 Å². The number of rotatable bonds is 9. The molecule has 5 heterocycles. The van der Waals surface area contributed by atoms with Gasteiger partial charge in [-0.25, -0.2) is 30.4 Å². The van der Waals surface area contributed by atoms with E-state index >= 15 is 0 Å². The average molecular weight is 1180 g/mol. The van der Waals surface area contributed by atoms with Gasteiger partial charge in [0.2, 0.25) is 20.0 Å². The number of sulfonamides is 2. The van der Waals surface area contributed by atoms with Crippen molar-refractivity contribution in [1.29, 1.82) is 0 Å². The van der Waals surface area contributed by atoms with Crippen molar-refractivity contribution in [3.8, 4) is 17.2 Å². The van der Waals surface area contributed by atoms with Crippen LogP contribution in [0.4, 0.5) is 0 Å². The molecule has 3 aromatic carbocycles. The molecule has 74 heavy (non-hydrogen) atoms. The molecule has 0 saturated carbocycles. The van der Waals surface area contributed by atoms with E-state index in [0.717, 1.165) is 69.5 Å². The Kier molecular flexibility index (Phi) is 25.3. The maximum absolute atomic E-state index is 13.1. The van der Waals surface area contributed by atoms with Crippen LogP contribution in [0, 0.1) is 62.3 Å². The Morgan fingerprint density at radius 3 is 1.16 bits per heavy atom. The third-order valence-corrected chi connectivity index (χ3v) is 17.2. The van der Waals surface area contributed by atoms with Gasteiger partial charge in [-0.1, -0.05) is 0 Å². The van der Waals surface area contributed by atoms with Crippen LogP contribution in [0.5, 0.6) is 17.2 Å². The topological polar surface area (TPSA) is 249 Å². The minimum atomic E-state index is -3.69. The predicted molar refractivity (Wildman–Crippen MR) is 293 cm³/mol. The summed E-state index contributed by atoms with van der Waals surface area (Å²) in [6.45, 7) is 18.2. The van der Waals surface area contributed by atoms with Crippen molar-refractivity contribution in [1.82, 2.24) is 39.5 Å². The first-order valence-corrected chi connectivity index (χ1v) is 28.3. The molecule has 18 nitrogen and oxygen atoms in total. The van der Waals surface area contributed by atoms with Gasteiger partial charge >= 0.3 is 0 Å². The number of hydrogen-bond acceptors (Lipinski definition) is 16. The SMILES string of the molecule is COc1cc(C)c(S(=O)(=O)Cl)c(C)c1C.COc1cc(C)c(S(=O)(=O)N2Cc3nccnc3C2)c(C)c1C.COc1cc(C)c(S(N)(=O)=O)c(C)c1C.Cl.Cl.ClCc1nccnc1CCl.c1cnc2c(n1)CNC2. The number of halogens is 5. The molecule has 0 atom stereocenters. The molecule has 3 aromatic heterocycles. The van der Waals surface area contributed by atoms with Crippen molar-refractivity contribution in [2.45, 2.75) is 115 Å². The summed E-state index contributed by atoms with van der Waals surface area (Å²) in [6, 6.07) is 5.13. The molecule has 2 aliphatic heterocycles. The molecule has 0 unspecified atom stereocenters. The number of fused-ring (bicyclic) bond motifs is 2. The molecule has 0 amide bonds. The molecule has 0 bridgehead atoms. The number of aromatic nitrogens is 6. The number of benzene rings is 3. The van der Waals surface area contributed by atoms with Crippen LogP contribution < -0.4 is 24.7 Å². The van der Waals surface area contributed by atoms with Crippen LogP contribution in [-0.2, 0) is 67.0 Å². The van der Waals surface area contributed by atoms with E-state index < -0.39 is 29.1 Å². The smallest absolute Gasteiger partial charge is 0.261 e. The van der Waals surface area contributed by atoms with Gasteiger partial charge in [0.15, 0.2) is 0 Å². The fourth-order valence-electron chi connectivity index (χ4n) is 7.87. The van der Waals surface area contributed by atoms with Crippen molar-refractivity contribution in [2.75, 3.05) is 21.3 Å². The minimum absolute atomic E-state index is 0. The molecule has 6 aromatic rings. The third-order valence-electron chi connectivity index (χ3n) is 11.8. The zero-order valence-corrected chi connectivity index (χ0v) is 49.3. The van der Waals surface area contributed by atoms with Crippen molar-refractivity contribution >= 4 is 87.8 Å². The van der Waals surface area contributed by atoms with Gasteiger partial charge in [-0.05, 0) is 131 Å². The van der Waals surface area contributed by atoms with Crippen LogP contribution >= 0.6 is 58.7 Å². The zero-order chi connectivity index (χ0) is 53.9.